The molecule has 138 valence electrons. The first kappa shape index (κ1) is 18.1. The Bertz CT molecular complexity index is 1020. The van der Waals surface area contributed by atoms with Crippen molar-refractivity contribution in [1.29, 1.82) is 0 Å². The van der Waals surface area contributed by atoms with E-state index in [0.717, 1.165) is 30.3 Å². The van der Waals surface area contributed by atoms with Crippen LogP contribution in [-0.4, -0.2) is 22.3 Å². The van der Waals surface area contributed by atoms with Crippen LogP contribution in [0, 0.1) is 0 Å². The highest BCUT2D eigenvalue weighted by Gasteiger charge is 2.29. The zero-order chi connectivity index (χ0) is 19.0. The Morgan fingerprint density at radius 3 is 2.41 bits per heavy atom. The summed E-state index contributed by atoms with van der Waals surface area (Å²) < 4.78 is 1.85. The fourth-order valence-electron chi connectivity index (χ4n) is 3.33. The maximum atomic E-state index is 12.8. The zero-order valence-electron chi connectivity index (χ0n) is 14.5. The predicted octanol–water partition coefficient (Wildman–Crippen LogP) is 4.85. The number of rotatable bonds is 5. The molecule has 0 saturated heterocycles. The van der Waals surface area contributed by atoms with Gasteiger partial charge in [-0.2, -0.15) is 0 Å². The molecule has 0 bridgehead atoms. The number of Topliss-reactive ketones (excluding diaryl/α,β-unsaturated/α-hetero) is 1. The summed E-state index contributed by atoms with van der Waals surface area (Å²) >= 11 is 12.6. The Morgan fingerprint density at radius 1 is 1.04 bits per heavy atom. The van der Waals surface area contributed by atoms with E-state index in [1.54, 1.807) is 0 Å². The fourth-order valence-corrected chi connectivity index (χ4v) is 3.80. The second kappa shape index (κ2) is 7.37. The lowest BCUT2D eigenvalue weighted by molar-refractivity contribution is -0.118. The first-order valence-electron chi connectivity index (χ1n) is 8.91. The van der Waals surface area contributed by atoms with Crippen LogP contribution in [0.5, 0.6) is 0 Å². The Morgan fingerprint density at radius 2 is 1.74 bits per heavy atom. The van der Waals surface area contributed by atoms with Gasteiger partial charge in [0.25, 0.3) is 11.7 Å². The summed E-state index contributed by atoms with van der Waals surface area (Å²) in [6.07, 6.45) is 2.93. The number of nitrogens with one attached hydrogen (secondary N) is 1. The summed E-state index contributed by atoms with van der Waals surface area (Å²) in [4.78, 5) is 25.2. The van der Waals surface area contributed by atoms with E-state index >= 15 is 0 Å². The van der Waals surface area contributed by atoms with Crippen LogP contribution in [0.15, 0.2) is 48.5 Å². The molecule has 0 unspecified atom stereocenters. The molecule has 0 spiro atoms. The lowest BCUT2D eigenvalue weighted by Gasteiger charge is -2.25. The third-order valence-electron chi connectivity index (χ3n) is 5.04. The molecular weight excluding hydrogens is 383 g/mol. The Labute approximate surface area is 167 Å². The molecule has 0 aliphatic heterocycles. The summed E-state index contributed by atoms with van der Waals surface area (Å²) in [7, 11) is 0. The van der Waals surface area contributed by atoms with E-state index in [4.69, 9.17) is 23.2 Å². The van der Waals surface area contributed by atoms with E-state index in [2.05, 4.69) is 5.32 Å². The molecule has 4 nitrogen and oxygen atoms in total. The van der Waals surface area contributed by atoms with Gasteiger partial charge in [0.1, 0.15) is 5.15 Å². The van der Waals surface area contributed by atoms with Crippen LogP contribution in [0.3, 0.4) is 0 Å². The van der Waals surface area contributed by atoms with E-state index in [1.807, 2.05) is 53.1 Å². The molecule has 1 aromatic heterocycles. The van der Waals surface area contributed by atoms with Gasteiger partial charge in [0.15, 0.2) is 0 Å². The molecule has 0 radical (unpaired) electrons. The maximum absolute atomic E-state index is 12.8. The molecule has 1 heterocycles. The molecule has 6 heteroatoms. The quantitative estimate of drug-likeness (QED) is 0.491. The average Bonchev–Trinajstić information content (AvgIpc) is 2.91. The van der Waals surface area contributed by atoms with Crippen molar-refractivity contribution in [3.63, 3.8) is 0 Å². The molecule has 3 aromatic rings. The molecule has 1 saturated carbocycles. The normalized spacial score (nSPS) is 14.1. The summed E-state index contributed by atoms with van der Waals surface area (Å²) in [6.45, 7) is 0.480. The standard InChI is InChI=1S/C21H18Cl2N2O2/c22-14-10-8-13(9-11-14)12-25-17-7-2-1-6-16(17)18(20(25)23)19(26)21(27)24-15-4-3-5-15/h1-2,6-11,15H,3-5,12H2,(H,24,27). The summed E-state index contributed by atoms with van der Waals surface area (Å²) in [5, 5.41) is 4.42. The summed E-state index contributed by atoms with van der Waals surface area (Å²) in [6, 6.07) is 15.0. The van der Waals surface area contributed by atoms with Crippen LogP contribution in [0.25, 0.3) is 10.9 Å². The molecule has 2 aromatic carbocycles. The van der Waals surface area contributed by atoms with Crippen molar-refractivity contribution in [3.05, 3.63) is 69.8 Å². The number of halogens is 2. The largest absolute Gasteiger partial charge is 0.346 e. The van der Waals surface area contributed by atoms with Gasteiger partial charge in [-0.1, -0.05) is 53.5 Å². The number of hydrogen-bond donors (Lipinski definition) is 1. The number of ketones is 1. The van der Waals surface area contributed by atoms with E-state index < -0.39 is 11.7 Å². The molecule has 1 N–H and O–H groups in total. The monoisotopic (exact) mass is 400 g/mol. The number of hydrogen-bond acceptors (Lipinski definition) is 2. The van der Waals surface area contributed by atoms with Crippen molar-refractivity contribution in [2.75, 3.05) is 0 Å². The van der Waals surface area contributed by atoms with E-state index in [9.17, 15) is 9.59 Å². The number of fused-ring (bicyclic) bond motifs is 1. The van der Waals surface area contributed by atoms with Crippen molar-refractivity contribution in [2.24, 2.45) is 0 Å². The van der Waals surface area contributed by atoms with Gasteiger partial charge in [0.2, 0.25) is 0 Å². The third-order valence-corrected chi connectivity index (χ3v) is 5.68. The minimum absolute atomic E-state index is 0.0997. The van der Waals surface area contributed by atoms with Gasteiger partial charge in [0, 0.05) is 23.0 Å². The van der Waals surface area contributed by atoms with Crippen LogP contribution in [0.2, 0.25) is 10.2 Å². The van der Waals surface area contributed by atoms with Crippen molar-refractivity contribution in [2.45, 2.75) is 31.8 Å². The van der Waals surface area contributed by atoms with Crippen LogP contribution < -0.4 is 5.32 Å². The zero-order valence-corrected chi connectivity index (χ0v) is 16.1. The lowest BCUT2D eigenvalue weighted by Crippen LogP contribution is -2.43. The number of carbonyl (C=O) groups excluding carboxylic acids is 2. The number of carbonyl (C=O) groups is 2. The van der Waals surface area contributed by atoms with Crippen LogP contribution in [0.1, 0.15) is 35.2 Å². The smallest absolute Gasteiger partial charge is 0.292 e. The second-order valence-electron chi connectivity index (χ2n) is 6.83. The summed E-state index contributed by atoms with van der Waals surface area (Å²) in [5.41, 5.74) is 2.08. The molecule has 1 amide bonds. The van der Waals surface area contributed by atoms with Gasteiger partial charge < -0.3 is 9.88 Å². The molecule has 1 aliphatic rings. The average molecular weight is 401 g/mol. The Kier molecular flexibility index (Phi) is 4.94. The van der Waals surface area contributed by atoms with Crippen LogP contribution in [-0.2, 0) is 11.3 Å². The Hall–Kier alpha value is -2.30. The molecule has 4 rings (SSSR count). The van der Waals surface area contributed by atoms with Gasteiger partial charge >= 0.3 is 0 Å². The number of benzene rings is 2. The topological polar surface area (TPSA) is 51.1 Å². The number of para-hydroxylation sites is 1. The highest BCUT2D eigenvalue weighted by Crippen LogP contribution is 2.31. The highest BCUT2D eigenvalue weighted by molar-refractivity contribution is 6.49. The first-order chi connectivity index (χ1) is 13.0. The van der Waals surface area contributed by atoms with Gasteiger partial charge in [0.05, 0.1) is 11.1 Å². The van der Waals surface area contributed by atoms with Gasteiger partial charge in [-0.05, 0) is 43.0 Å². The Balaban J connectivity index is 1.72. The van der Waals surface area contributed by atoms with Gasteiger partial charge in [-0.3, -0.25) is 9.59 Å². The lowest BCUT2D eigenvalue weighted by atomic mass is 9.93. The molecule has 27 heavy (non-hydrogen) atoms. The molecule has 1 aliphatic carbocycles. The van der Waals surface area contributed by atoms with Crippen molar-refractivity contribution in [3.8, 4) is 0 Å². The van der Waals surface area contributed by atoms with Crippen molar-refractivity contribution >= 4 is 45.8 Å². The number of aromatic nitrogens is 1. The minimum atomic E-state index is -0.587. The minimum Gasteiger partial charge on any atom is -0.346 e. The highest BCUT2D eigenvalue weighted by atomic mass is 35.5. The van der Waals surface area contributed by atoms with Crippen LogP contribution >= 0.6 is 23.2 Å². The van der Waals surface area contributed by atoms with Gasteiger partial charge in [-0.15, -0.1) is 0 Å². The van der Waals surface area contributed by atoms with Crippen molar-refractivity contribution < 1.29 is 9.59 Å². The van der Waals surface area contributed by atoms with E-state index in [1.165, 1.54) is 0 Å². The van der Waals surface area contributed by atoms with E-state index in [0.29, 0.717) is 17.0 Å². The molecular formula is C21H18Cl2N2O2. The second-order valence-corrected chi connectivity index (χ2v) is 7.62. The van der Waals surface area contributed by atoms with E-state index in [-0.39, 0.29) is 16.8 Å². The number of nitrogens with zero attached hydrogens (tertiary/aromatic N) is 1. The van der Waals surface area contributed by atoms with Crippen molar-refractivity contribution in [1.82, 2.24) is 9.88 Å². The third kappa shape index (κ3) is 3.47. The summed E-state index contributed by atoms with van der Waals surface area (Å²) in [5.74, 6) is -1.17. The van der Waals surface area contributed by atoms with Crippen LogP contribution in [0.4, 0.5) is 0 Å². The molecule has 0 atom stereocenters. The molecule has 1 fully saturated rings. The predicted molar refractivity (Wildman–Crippen MR) is 108 cm³/mol. The SMILES string of the molecule is O=C(NC1CCC1)C(=O)c1c(Cl)n(Cc2ccc(Cl)cc2)c2ccccc12. The fraction of sp³-hybridized carbons (Fsp3) is 0.238. The van der Waals surface area contributed by atoms with Gasteiger partial charge in [-0.25, -0.2) is 0 Å². The maximum Gasteiger partial charge on any atom is 0.292 e. The first-order valence-corrected chi connectivity index (χ1v) is 9.66. The number of amides is 1.